The van der Waals surface area contributed by atoms with Gasteiger partial charge in [-0.2, -0.15) is 9.13 Å². The quantitative estimate of drug-likeness (QED) is 0.148. The van der Waals surface area contributed by atoms with E-state index in [1.807, 2.05) is 99.6 Å². The zero-order valence-corrected chi connectivity index (χ0v) is 63.3. The van der Waals surface area contributed by atoms with Crippen molar-refractivity contribution < 1.29 is 35.6 Å². The molecule has 0 saturated heterocycles. The lowest BCUT2D eigenvalue weighted by molar-refractivity contribution is -0.667. The fourth-order valence-corrected chi connectivity index (χ4v) is 12.5. The van der Waals surface area contributed by atoms with Gasteiger partial charge in [0.15, 0.2) is 36.2 Å². The van der Waals surface area contributed by atoms with Gasteiger partial charge in [0, 0.05) is 127 Å². The van der Waals surface area contributed by atoms with Crippen molar-refractivity contribution in [1.82, 2.24) is 0 Å². The molecule has 0 N–H and O–H groups in total. The summed E-state index contributed by atoms with van der Waals surface area (Å²) in [6.07, 6.45) is 8.25. The first-order chi connectivity index (χ1) is 48.9. The Morgan fingerprint density at radius 3 is 0.888 bits per heavy atom. The molecule has 6 nitrogen and oxygen atoms in total. The number of aromatic nitrogens is 6. The van der Waals surface area contributed by atoms with Crippen LogP contribution in [0.5, 0.6) is 0 Å². The Morgan fingerprint density at radius 2 is 0.531 bits per heavy atom. The van der Waals surface area contributed by atoms with E-state index in [1.165, 1.54) is 123 Å². The smallest absolute Gasteiger partial charge is 0.201 e. The van der Waals surface area contributed by atoms with Gasteiger partial charge in [-0.15, -0.1) is 0 Å². The topological polar surface area (TPSA) is 23.3 Å². The molecule has 6 heterocycles. The van der Waals surface area contributed by atoms with Crippen LogP contribution in [0.4, 0.5) is 0 Å². The summed E-state index contributed by atoms with van der Waals surface area (Å²) in [7, 11) is 12.3. The van der Waals surface area contributed by atoms with Crippen LogP contribution in [-0.4, -0.2) is 0 Å². The van der Waals surface area contributed by atoms with Crippen LogP contribution in [0.3, 0.4) is 0 Å². The van der Waals surface area contributed by atoms with Gasteiger partial charge in [0.2, 0.25) is 34.2 Å². The Hall–Kier alpha value is -9.78. The fourth-order valence-electron chi connectivity index (χ4n) is 12.5. The minimum Gasteiger partial charge on any atom is -0.201 e. The van der Waals surface area contributed by atoms with Gasteiger partial charge in [0.05, 0.1) is 0 Å². The summed E-state index contributed by atoms with van der Waals surface area (Å²) in [5, 5.41) is 0. The summed E-state index contributed by atoms with van der Waals surface area (Å²) < 4.78 is 58.5. The second kappa shape index (κ2) is 33.9. The van der Waals surface area contributed by atoms with Crippen LogP contribution >= 0.6 is 0 Å². The highest BCUT2D eigenvalue weighted by atomic mass is 15.0. The minimum absolute atomic E-state index is 0.437. The molecular formula is C92H112N6+6. The van der Waals surface area contributed by atoms with E-state index in [0.29, 0.717) is 11.1 Å². The Kier molecular flexibility index (Phi) is 23.1. The highest BCUT2D eigenvalue weighted by Gasteiger charge is 2.21. The third-order valence-corrected chi connectivity index (χ3v) is 20.0. The molecule has 0 bridgehead atoms. The molecule has 6 aromatic heterocycles. The molecule has 98 heavy (non-hydrogen) atoms. The summed E-state index contributed by atoms with van der Waals surface area (Å²) in [6.45, 7) is 33.9. The van der Waals surface area contributed by atoms with Crippen molar-refractivity contribution in [2.75, 3.05) is 0 Å². The first-order valence-electron chi connectivity index (χ1n) is 37.1. The highest BCUT2D eigenvalue weighted by molar-refractivity contribution is 5.68. The normalized spacial score (nSPS) is 11.7. The molecule has 0 amide bonds. The van der Waals surface area contributed by atoms with Crippen LogP contribution in [0.1, 0.15) is 120 Å². The monoisotopic (exact) mass is 1310 g/mol. The predicted octanol–water partition coefficient (Wildman–Crippen LogP) is 19.2. The van der Waals surface area contributed by atoms with Crippen LogP contribution in [0, 0.1) is 138 Å². The minimum atomic E-state index is -2.07. The average Bonchev–Trinajstić information content (AvgIpc) is 0.779. The molecule has 6 heteroatoms. The van der Waals surface area contributed by atoms with E-state index in [1.54, 1.807) is 6.07 Å². The van der Waals surface area contributed by atoms with E-state index in [2.05, 4.69) is 295 Å². The zero-order chi connectivity index (χ0) is 77.0. The molecule has 0 unspecified atom stereocenters. The number of benzene rings is 6. The molecule has 6 aromatic carbocycles. The lowest BCUT2D eigenvalue weighted by Crippen LogP contribution is -2.36. The van der Waals surface area contributed by atoms with Crippen molar-refractivity contribution in [2.24, 2.45) is 42.3 Å². The highest BCUT2D eigenvalue weighted by Crippen LogP contribution is 2.30. The molecule has 0 atom stereocenters. The number of aryl methyl sites for hydroxylation is 14. The zero-order valence-electron chi connectivity index (χ0n) is 69.3. The van der Waals surface area contributed by atoms with Gasteiger partial charge in [-0.1, -0.05) is 71.8 Å². The van der Waals surface area contributed by atoms with Gasteiger partial charge in [0.25, 0.3) is 0 Å². The van der Waals surface area contributed by atoms with Crippen molar-refractivity contribution in [3.05, 3.63) is 318 Å². The van der Waals surface area contributed by atoms with Crippen LogP contribution in [-0.2, 0) is 42.3 Å². The Morgan fingerprint density at radius 1 is 0.214 bits per heavy atom. The van der Waals surface area contributed by atoms with E-state index in [0.717, 1.165) is 44.9 Å². The summed E-state index contributed by atoms with van der Waals surface area (Å²) in [5.41, 5.74) is 38.0. The summed E-state index contributed by atoms with van der Waals surface area (Å²) >= 11 is 0. The standard InChI is InChI=1S/2C16H20N.4C15H18N/c2*1-11-8-6-7-9-15(11)16-10-12(2)13(3)14(4)17(16)5;2*1-11-8-9-14(13(3)12(11)2)15-7-5-6-10-16(15)4;2*1-11-9-12(2)13(3)14(10-11)15-7-5-6-8-16(15)4/h2*6-10H,1-5H3;4*5-10H,1-4H3/q6*+1/i3D3;;1D3;;;. The molecule has 0 aliphatic rings. The third-order valence-electron chi connectivity index (χ3n) is 20.0. The van der Waals surface area contributed by atoms with Crippen molar-refractivity contribution in [1.29, 1.82) is 0 Å². The lowest BCUT2D eigenvalue weighted by Gasteiger charge is -2.09. The van der Waals surface area contributed by atoms with Gasteiger partial charge in [-0.3, -0.25) is 0 Å². The molecule has 0 spiro atoms. The maximum absolute atomic E-state index is 7.69. The van der Waals surface area contributed by atoms with E-state index < -0.39 is 13.7 Å². The number of nitrogens with zero attached hydrogens (tertiary/aromatic N) is 6. The van der Waals surface area contributed by atoms with E-state index in [4.69, 9.17) is 8.22 Å². The first kappa shape index (κ1) is 66.8. The second-order valence-electron chi connectivity index (χ2n) is 26.7. The van der Waals surface area contributed by atoms with Crippen molar-refractivity contribution in [2.45, 2.75) is 138 Å². The average molecular weight is 1310 g/mol. The molecular weight excluding hydrogens is 1190 g/mol. The SMILES string of the molecule is Cc1cc(C)c(C)c(-c2cccc[n+]2C)c1.Cc1cc(C)c(C)c(-c2cccc[n+]2C)c1.Cc1ccc(-c2cccc[n+]2C)c(C)c1C.Cc1ccccc1-c1cc(C)c(C)c(C)[n+]1C.[2H]C([2H])([2H])c1c(C)cc(-c2ccccc2C)[n+](C)c1C.[2H]C([2H])([2H])c1ccc(-c2cccc[n+]2C)c(C)c1C. The van der Waals surface area contributed by atoms with Gasteiger partial charge < -0.3 is 0 Å². The predicted molar refractivity (Wildman–Crippen MR) is 413 cm³/mol. The largest absolute Gasteiger partial charge is 0.212 e. The summed E-state index contributed by atoms with van der Waals surface area (Å²) in [6, 6.07) is 62.9. The summed E-state index contributed by atoms with van der Waals surface area (Å²) in [4.78, 5) is 0. The van der Waals surface area contributed by atoms with Crippen molar-refractivity contribution in [3.8, 4) is 67.5 Å². The molecule has 0 radical (unpaired) electrons. The number of rotatable bonds is 6. The van der Waals surface area contributed by atoms with Crippen molar-refractivity contribution >= 4 is 0 Å². The summed E-state index contributed by atoms with van der Waals surface area (Å²) in [5.74, 6) is 0. The Labute approximate surface area is 599 Å². The van der Waals surface area contributed by atoms with Gasteiger partial charge in [0.1, 0.15) is 42.3 Å². The fraction of sp³-hybridized carbons (Fsp3) is 0.283. The number of hydrogen-bond donors (Lipinski definition) is 0. The van der Waals surface area contributed by atoms with E-state index >= 15 is 0 Å². The van der Waals surface area contributed by atoms with Gasteiger partial charge in [-0.25, -0.2) is 18.3 Å². The number of pyridine rings is 6. The van der Waals surface area contributed by atoms with Gasteiger partial charge in [-0.05, 0) is 263 Å². The van der Waals surface area contributed by atoms with Gasteiger partial charge >= 0.3 is 0 Å². The Balaban J connectivity index is 0.000000175. The maximum atomic E-state index is 7.69. The second-order valence-corrected chi connectivity index (χ2v) is 26.7. The van der Waals surface area contributed by atoms with E-state index in [9.17, 15) is 0 Å². The van der Waals surface area contributed by atoms with Crippen molar-refractivity contribution in [3.63, 3.8) is 0 Å². The molecule has 0 saturated carbocycles. The number of hydrogen-bond acceptors (Lipinski definition) is 0. The van der Waals surface area contributed by atoms with Crippen LogP contribution in [0.2, 0.25) is 0 Å². The Bertz CT molecular complexity index is 4960. The molecule has 12 aromatic rings. The van der Waals surface area contributed by atoms with E-state index in [-0.39, 0.29) is 0 Å². The van der Waals surface area contributed by atoms with Crippen LogP contribution < -0.4 is 27.4 Å². The third kappa shape index (κ3) is 18.1. The lowest BCUT2D eigenvalue weighted by atomic mass is 9.96. The first-order valence-corrected chi connectivity index (χ1v) is 34.1. The molecule has 504 valence electrons. The molecule has 12 rings (SSSR count). The molecule has 0 aliphatic heterocycles. The molecule has 0 aliphatic carbocycles. The maximum Gasteiger partial charge on any atom is 0.212 e. The van der Waals surface area contributed by atoms with Crippen LogP contribution in [0.15, 0.2) is 207 Å². The van der Waals surface area contributed by atoms with Crippen LogP contribution in [0.25, 0.3) is 67.5 Å². The molecule has 0 fully saturated rings.